The molecule has 1 aromatic rings. The normalized spacial score (nSPS) is 14.6. The van der Waals surface area contributed by atoms with E-state index in [0.29, 0.717) is 13.1 Å². The lowest BCUT2D eigenvalue weighted by Crippen LogP contribution is -2.47. The smallest absolute Gasteiger partial charge is 0.313 e. The van der Waals surface area contributed by atoms with Crippen molar-refractivity contribution in [1.29, 1.82) is 0 Å². The molecule has 25 heavy (non-hydrogen) atoms. The summed E-state index contributed by atoms with van der Waals surface area (Å²) in [5.41, 5.74) is -0.144. The fourth-order valence-corrected chi connectivity index (χ4v) is 2.43. The predicted molar refractivity (Wildman–Crippen MR) is 90.6 cm³/mol. The second kappa shape index (κ2) is 8.94. The Morgan fingerprint density at radius 2 is 2.04 bits per heavy atom. The molecule has 136 valence electrons. The molecule has 0 spiro atoms. The Kier molecular flexibility index (Phi) is 6.66. The molecule has 1 aromatic carbocycles. The van der Waals surface area contributed by atoms with Crippen LogP contribution in [0.1, 0.15) is 0 Å². The van der Waals surface area contributed by atoms with Crippen LogP contribution in [0.2, 0.25) is 0 Å². The zero-order chi connectivity index (χ0) is 18.2. The maximum Gasteiger partial charge on any atom is 0.313 e. The van der Waals surface area contributed by atoms with E-state index >= 15 is 0 Å². The Balaban J connectivity index is 1.88. The van der Waals surface area contributed by atoms with Crippen LogP contribution in [0, 0.1) is 10.1 Å². The third-order valence-corrected chi connectivity index (χ3v) is 3.77. The van der Waals surface area contributed by atoms with Gasteiger partial charge in [0.15, 0.2) is 0 Å². The molecule has 0 unspecified atom stereocenters. The summed E-state index contributed by atoms with van der Waals surface area (Å²) in [4.78, 5) is 36.3. The summed E-state index contributed by atoms with van der Waals surface area (Å²) in [7, 11) is 1.37. The highest BCUT2D eigenvalue weighted by Gasteiger charge is 2.18. The second-order valence-corrected chi connectivity index (χ2v) is 5.44. The molecule has 1 heterocycles. The molecule has 10 heteroatoms. The lowest BCUT2D eigenvalue weighted by molar-refractivity contribution is -0.384. The van der Waals surface area contributed by atoms with Gasteiger partial charge in [-0.05, 0) is 6.07 Å². The molecule has 0 bridgehead atoms. The molecule has 0 aromatic heterocycles. The number of carbonyl (C=O) groups excluding carboxylic acids is 2. The average Bonchev–Trinajstić information content (AvgIpc) is 2.62. The second-order valence-electron chi connectivity index (χ2n) is 5.44. The molecule has 0 saturated carbocycles. The summed E-state index contributed by atoms with van der Waals surface area (Å²) in [5.74, 6) is -1.48. The van der Waals surface area contributed by atoms with E-state index in [0.717, 1.165) is 32.2 Å². The number of nitrogens with zero attached hydrogens (tertiary/aromatic N) is 2. The lowest BCUT2D eigenvalue weighted by Gasteiger charge is -2.26. The van der Waals surface area contributed by atoms with Gasteiger partial charge in [-0.1, -0.05) is 0 Å². The zero-order valence-electron chi connectivity index (χ0n) is 13.9. The first kappa shape index (κ1) is 18.6. The topological polar surface area (TPSA) is 126 Å². The Hall–Kier alpha value is -2.72. The van der Waals surface area contributed by atoms with E-state index in [4.69, 9.17) is 4.74 Å². The number of ether oxygens (including phenoxy) is 1. The summed E-state index contributed by atoms with van der Waals surface area (Å²) in [6.45, 7) is 4.60. The standard InChI is InChI=1S/C15H21N5O5/c1-25-13-3-2-11(20(23)24)10-12(13)18-15(22)14(21)17-6-9-19-7-4-16-5-8-19/h2-3,10,16H,4-9H2,1H3,(H,17,21)(H,18,22). The number of benzene rings is 1. The van der Waals surface area contributed by atoms with Crippen molar-refractivity contribution in [2.24, 2.45) is 0 Å². The molecule has 1 aliphatic heterocycles. The Morgan fingerprint density at radius 1 is 1.32 bits per heavy atom. The van der Waals surface area contributed by atoms with Gasteiger partial charge in [0.2, 0.25) is 0 Å². The van der Waals surface area contributed by atoms with Crippen LogP contribution in [0.4, 0.5) is 11.4 Å². The molecule has 1 fully saturated rings. The van der Waals surface area contributed by atoms with E-state index < -0.39 is 16.7 Å². The molecule has 1 aliphatic rings. The highest BCUT2D eigenvalue weighted by atomic mass is 16.6. The van der Waals surface area contributed by atoms with Gasteiger partial charge in [0, 0.05) is 51.4 Å². The number of methoxy groups -OCH3 is 1. The summed E-state index contributed by atoms with van der Waals surface area (Å²) >= 11 is 0. The van der Waals surface area contributed by atoms with E-state index in [2.05, 4.69) is 20.9 Å². The van der Waals surface area contributed by atoms with E-state index in [1.807, 2.05) is 0 Å². The molecule has 2 rings (SSSR count). The average molecular weight is 351 g/mol. The number of non-ortho nitro benzene ring substituents is 1. The highest BCUT2D eigenvalue weighted by molar-refractivity contribution is 6.39. The number of nitro benzene ring substituents is 1. The SMILES string of the molecule is COc1ccc([N+](=O)[O-])cc1NC(=O)C(=O)NCCN1CCNCC1. The number of carbonyl (C=O) groups is 2. The Labute approximate surface area is 144 Å². The lowest BCUT2D eigenvalue weighted by atomic mass is 10.2. The monoisotopic (exact) mass is 351 g/mol. The molecule has 2 amide bonds. The van der Waals surface area contributed by atoms with Gasteiger partial charge < -0.3 is 20.7 Å². The summed E-state index contributed by atoms with van der Waals surface area (Å²) in [5, 5.41) is 18.9. The van der Waals surface area contributed by atoms with Gasteiger partial charge in [-0.15, -0.1) is 0 Å². The minimum atomic E-state index is -0.904. The van der Waals surface area contributed by atoms with Crippen LogP contribution in [0.25, 0.3) is 0 Å². The van der Waals surface area contributed by atoms with Crippen LogP contribution in [0.15, 0.2) is 18.2 Å². The number of piperazine rings is 1. The fraction of sp³-hybridized carbons (Fsp3) is 0.467. The first-order valence-electron chi connectivity index (χ1n) is 7.86. The number of hydrogen-bond acceptors (Lipinski definition) is 7. The van der Waals surface area contributed by atoms with Crippen LogP contribution < -0.4 is 20.7 Å². The van der Waals surface area contributed by atoms with Crippen LogP contribution in [-0.2, 0) is 9.59 Å². The Bertz CT molecular complexity index is 645. The van der Waals surface area contributed by atoms with Crippen molar-refractivity contribution in [3.8, 4) is 5.75 Å². The number of rotatable bonds is 6. The van der Waals surface area contributed by atoms with Crippen LogP contribution in [-0.4, -0.2) is 68.0 Å². The third-order valence-electron chi connectivity index (χ3n) is 3.77. The van der Waals surface area contributed by atoms with Crippen molar-refractivity contribution >= 4 is 23.2 Å². The summed E-state index contributed by atoms with van der Waals surface area (Å²) < 4.78 is 5.04. The number of nitrogens with one attached hydrogen (secondary N) is 3. The molecule has 0 radical (unpaired) electrons. The van der Waals surface area contributed by atoms with E-state index in [9.17, 15) is 19.7 Å². The van der Waals surface area contributed by atoms with E-state index in [1.165, 1.54) is 19.2 Å². The number of hydrogen-bond donors (Lipinski definition) is 3. The molecule has 0 aliphatic carbocycles. The van der Waals surface area contributed by atoms with Crippen molar-refractivity contribution < 1.29 is 19.2 Å². The van der Waals surface area contributed by atoms with Crippen molar-refractivity contribution in [2.75, 3.05) is 51.7 Å². The largest absolute Gasteiger partial charge is 0.495 e. The van der Waals surface area contributed by atoms with Crippen LogP contribution >= 0.6 is 0 Å². The third kappa shape index (κ3) is 5.40. The van der Waals surface area contributed by atoms with Gasteiger partial charge >= 0.3 is 11.8 Å². The van der Waals surface area contributed by atoms with Crippen molar-refractivity contribution in [3.05, 3.63) is 28.3 Å². The summed E-state index contributed by atoms with van der Waals surface area (Å²) in [6, 6.07) is 3.75. The molecule has 0 atom stereocenters. The van der Waals surface area contributed by atoms with Crippen molar-refractivity contribution in [3.63, 3.8) is 0 Å². The van der Waals surface area contributed by atoms with Gasteiger partial charge in [0.05, 0.1) is 17.7 Å². The van der Waals surface area contributed by atoms with E-state index in [1.54, 1.807) is 0 Å². The number of amides is 2. The maximum absolute atomic E-state index is 12.0. The van der Waals surface area contributed by atoms with Crippen LogP contribution in [0.3, 0.4) is 0 Å². The van der Waals surface area contributed by atoms with Crippen molar-refractivity contribution in [2.45, 2.75) is 0 Å². The molecular weight excluding hydrogens is 330 g/mol. The predicted octanol–water partition coefficient (Wildman–Crippen LogP) is -0.437. The summed E-state index contributed by atoms with van der Waals surface area (Å²) in [6.07, 6.45) is 0. The molecule has 10 nitrogen and oxygen atoms in total. The maximum atomic E-state index is 12.0. The quantitative estimate of drug-likeness (QED) is 0.360. The molecule has 1 saturated heterocycles. The minimum Gasteiger partial charge on any atom is -0.495 e. The van der Waals surface area contributed by atoms with Gasteiger partial charge in [-0.3, -0.25) is 24.6 Å². The van der Waals surface area contributed by atoms with Gasteiger partial charge in [-0.2, -0.15) is 0 Å². The van der Waals surface area contributed by atoms with Gasteiger partial charge in [0.25, 0.3) is 5.69 Å². The Morgan fingerprint density at radius 3 is 2.68 bits per heavy atom. The molecular formula is C15H21N5O5. The van der Waals surface area contributed by atoms with Gasteiger partial charge in [-0.25, -0.2) is 0 Å². The zero-order valence-corrected chi connectivity index (χ0v) is 13.9. The van der Waals surface area contributed by atoms with Crippen LogP contribution in [0.5, 0.6) is 5.75 Å². The van der Waals surface area contributed by atoms with E-state index in [-0.39, 0.29) is 17.1 Å². The van der Waals surface area contributed by atoms with Crippen molar-refractivity contribution in [1.82, 2.24) is 15.5 Å². The number of nitro groups is 1. The first-order chi connectivity index (χ1) is 12.0. The van der Waals surface area contributed by atoms with Gasteiger partial charge in [0.1, 0.15) is 5.75 Å². The fourth-order valence-electron chi connectivity index (χ4n) is 2.43. The minimum absolute atomic E-state index is 0.0685. The molecule has 3 N–H and O–H groups in total. The first-order valence-corrected chi connectivity index (χ1v) is 7.86. The number of anilines is 1. The highest BCUT2D eigenvalue weighted by Crippen LogP contribution is 2.28.